The molecular weight excluding hydrogens is 186 g/mol. The Morgan fingerprint density at radius 3 is 2.93 bits per heavy atom. The zero-order chi connectivity index (χ0) is 10.7. The fourth-order valence-corrected chi connectivity index (χ4v) is 1.44. The molecule has 0 aromatic heterocycles. The van der Waals surface area contributed by atoms with Gasteiger partial charge in [-0.3, -0.25) is 0 Å². The van der Waals surface area contributed by atoms with Crippen LogP contribution in [0.25, 0.3) is 0 Å². The Labute approximate surface area is 89.3 Å². The van der Waals surface area contributed by atoms with Gasteiger partial charge in [-0.25, -0.2) is 0 Å². The molecule has 2 heteroatoms. The third-order valence-electron chi connectivity index (χ3n) is 2.13. The second-order valence-electron chi connectivity index (χ2n) is 3.10. The summed E-state index contributed by atoms with van der Waals surface area (Å²) >= 11 is 0. The van der Waals surface area contributed by atoms with Crippen LogP contribution in [-0.2, 0) is 0 Å². The van der Waals surface area contributed by atoms with E-state index >= 15 is 0 Å². The zero-order valence-corrected chi connectivity index (χ0v) is 8.45. The van der Waals surface area contributed by atoms with Crippen molar-refractivity contribution in [1.82, 2.24) is 0 Å². The number of rotatable bonds is 0. The van der Waals surface area contributed by atoms with Gasteiger partial charge in [-0.15, -0.1) is 6.42 Å². The van der Waals surface area contributed by atoms with Crippen LogP contribution in [0, 0.1) is 12.3 Å². The van der Waals surface area contributed by atoms with E-state index in [1.807, 2.05) is 37.3 Å². The minimum atomic E-state index is 0.756. The number of hydrogen-bond acceptors (Lipinski definition) is 2. The van der Waals surface area contributed by atoms with Crippen molar-refractivity contribution in [3.05, 3.63) is 47.9 Å². The number of fused-ring (bicyclic) bond motifs is 1. The Hall–Kier alpha value is -2.14. The van der Waals surface area contributed by atoms with Crippen molar-refractivity contribution in [1.29, 1.82) is 0 Å². The van der Waals surface area contributed by atoms with Gasteiger partial charge in [-0.1, -0.05) is 18.1 Å². The number of benzene rings is 1. The van der Waals surface area contributed by atoms with E-state index in [-0.39, 0.29) is 0 Å². The molecule has 0 unspecified atom stereocenters. The van der Waals surface area contributed by atoms with Crippen LogP contribution < -0.4 is 10.1 Å². The average Bonchev–Trinajstić information content (AvgIpc) is 2.28. The molecule has 0 saturated carbocycles. The van der Waals surface area contributed by atoms with Crippen LogP contribution in [0.2, 0.25) is 0 Å². The lowest BCUT2D eigenvalue weighted by atomic mass is 10.2. The molecule has 0 bridgehead atoms. The van der Waals surface area contributed by atoms with Crippen molar-refractivity contribution in [3.8, 4) is 18.1 Å². The number of nitrogens with one attached hydrogen (secondary N) is 1. The van der Waals surface area contributed by atoms with Crippen molar-refractivity contribution < 1.29 is 4.74 Å². The van der Waals surface area contributed by atoms with E-state index < -0.39 is 0 Å². The molecule has 2 nitrogen and oxygen atoms in total. The summed E-state index contributed by atoms with van der Waals surface area (Å²) in [6.07, 6.45) is 8.79. The smallest absolute Gasteiger partial charge is 0.150 e. The molecule has 1 aliphatic rings. The molecular formula is C13H11NO. The summed E-state index contributed by atoms with van der Waals surface area (Å²) in [5, 5.41) is 3.22. The van der Waals surface area contributed by atoms with Crippen LogP contribution in [0.3, 0.4) is 0 Å². The highest BCUT2D eigenvalue weighted by molar-refractivity contribution is 5.66. The SMILES string of the molecule is C#C/C=C1/Nc2ccccc2O/C1=C/C. The number of para-hydroxylation sites is 2. The first-order valence-corrected chi connectivity index (χ1v) is 4.72. The third kappa shape index (κ3) is 1.72. The van der Waals surface area contributed by atoms with Gasteiger partial charge in [0.1, 0.15) is 5.76 Å². The highest BCUT2D eigenvalue weighted by Crippen LogP contribution is 2.33. The maximum atomic E-state index is 5.68. The summed E-state index contributed by atoms with van der Waals surface area (Å²) < 4.78 is 5.68. The molecule has 1 N–H and O–H groups in total. The first-order chi connectivity index (χ1) is 7.35. The van der Waals surface area contributed by atoms with Gasteiger partial charge in [0.25, 0.3) is 0 Å². The van der Waals surface area contributed by atoms with E-state index in [1.165, 1.54) is 0 Å². The van der Waals surface area contributed by atoms with Crippen LogP contribution >= 0.6 is 0 Å². The van der Waals surface area contributed by atoms with Crippen molar-refractivity contribution in [3.63, 3.8) is 0 Å². The quantitative estimate of drug-likeness (QED) is 0.646. The van der Waals surface area contributed by atoms with Crippen molar-refractivity contribution in [2.24, 2.45) is 0 Å². The molecule has 0 saturated heterocycles. The van der Waals surface area contributed by atoms with Crippen LogP contribution in [0.1, 0.15) is 6.92 Å². The standard InChI is InChI=1S/C13H11NO/c1-3-7-10-12(4-2)15-13-9-6-5-8-11(13)14-10/h1,4-9,14H,2H3/b10-7+,12-4+. The zero-order valence-electron chi connectivity index (χ0n) is 8.45. The van der Waals surface area contributed by atoms with E-state index in [2.05, 4.69) is 11.2 Å². The Morgan fingerprint density at radius 2 is 2.20 bits per heavy atom. The van der Waals surface area contributed by atoms with Gasteiger partial charge in [-0.05, 0) is 25.1 Å². The molecule has 0 amide bonds. The third-order valence-corrected chi connectivity index (χ3v) is 2.13. The van der Waals surface area contributed by atoms with Crippen LogP contribution in [-0.4, -0.2) is 0 Å². The first-order valence-electron chi connectivity index (χ1n) is 4.72. The maximum Gasteiger partial charge on any atom is 0.150 e. The number of terminal acetylenes is 1. The summed E-state index contributed by atoms with van der Waals surface area (Å²) in [6, 6.07) is 7.75. The van der Waals surface area contributed by atoms with Crippen LogP contribution in [0.4, 0.5) is 5.69 Å². The molecule has 15 heavy (non-hydrogen) atoms. The maximum absolute atomic E-state index is 5.68. The molecule has 1 aromatic rings. The normalized spacial score (nSPS) is 18.9. The van der Waals surface area contributed by atoms with E-state index in [9.17, 15) is 0 Å². The molecule has 74 valence electrons. The van der Waals surface area contributed by atoms with Crippen molar-refractivity contribution >= 4 is 5.69 Å². The van der Waals surface area contributed by atoms with Crippen LogP contribution in [0.5, 0.6) is 5.75 Å². The highest BCUT2D eigenvalue weighted by atomic mass is 16.5. The van der Waals surface area contributed by atoms with E-state index in [4.69, 9.17) is 11.2 Å². The lowest BCUT2D eigenvalue weighted by molar-refractivity contribution is 0.429. The fraction of sp³-hybridized carbons (Fsp3) is 0.0769. The summed E-state index contributed by atoms with van der Waals surface area (Å²) in [7, 11) is 0. The predicted octanol–water partition coefficient (Wildman–Crippen LogP) is 2.91. The molecule has 0 aliphatic carbocycles. The summed E-state index contributed by atoms with van der Waals surface area (Å²) in [5.74, 6) is 4.06. The van der Waals surface area contributed by atoms with Crippen molar-refractivity contribution in [2.45, 2.75) is 6.92 Å². The van der Waals surface area contributed by atoms with Gasteiger partial charge in [0.15, 0.2) is 5.75 Å². The minimum Gasteiger partial charge on any atom is -0.453 e. The van der Waals surface area contributed by atoms with E-state index in [0.717, 1.165) is 22.9 Å². The molecule has 0 radical (unpaired) electrons. The van der Waals surface area contributed by atoms with E-state index in [1.54, 1.807) is 6.08 Å². The Balaban J connectivity index is 2.45. The van der Waals surface area contributed by atoms with Crippen molar-refractivity contribution in [2.75, 3.05) is 5.32 Å². The number of allylic oxidation sites excluding steroid dienone is 2. The first kappa shape index (κ1) is 9.42. The van der Waals surface area contributed by atoms with Gasteiger partial charge in [0, 0.05) is 6.08 Å². The largest absolute Gasteiger partial charge is 0.453 e. The molecule has 1 aromatic carbocycles. The van der Waals surface area contributed by atoms with Gasteiger partial charge in [0.2, 0.25) is 0 Å². The topological polar surface area (TPSA) is 21.3 Å². The highest BCUT2D eigenvalue weighted by Gasteiger charge is 2.16. The Bertz CT molecular complexity index is 478. The number of anilines is 1. The van der Waals surface area contributed by atoms with E-state index in [0.29, 0.717) is 0 Å². The Kier molecular flexibility index (Phi) is 2.47. The van der Waals surface area contributed by atoms with Gasteiger partial charge < -0.3 is 10.1 Å². The summed E-state index contributed by atoms with van der Waals surface area (Å²) in [5.41, 5.74) is 1.75. The van der Waals surface area contributed by atoms with Crippen LogP contribution in [0.15, 0.2) is 47.9 Å². The summed E-state index contributed by atoms with van der Waals surface area (Å²) in [6.45, 7) is 1.91. The number of ether oxygens (including phenoxy) is 1. The Morgan fingerprint density at radius 1 is 1.40 bits per heavy atom. The predicted molar refractivity (Wildman–Crippen MR) is 61.4 cm³/mol. The molecule has 0 spiro atoms. The lowest BCUT2D eigenvalue weighted by Gasteiger charge is -2.23. The summed E-state index contributed by atoms with van der Waals surface area (Å²) in [4.78, 5) is 0. The minimum absolute atomic E-state index is 0.756. The average molecular weight is 197 g/mol. The van der Waals surface area contributed by atoms with Gasteiger partial charge in [-0.2, -0.15) is 0 Å². The molecule has 1 aliphatic heterocycles. The van der Waals surface area contributed by atoms with Gasteiger partial charge in [0.05, 0.1) is 11.4 Å². The fourth-order valence-electron chi connectivity index (χ4n) is 1.44. The second kappa shape index (κ2) is 3.93. The molecule has 1 heterocycles. The molecule has 0 fully saturated rings. The van der Waals surface area contributed by atoms with Gasteiger partial charge >= 0.3 is 0 Å². The monoisotopic (exact) mass is 197 g/mol. The number of hydrogen-bond donors (Lipinski definition) is 1. The second-order valence-corrected chi connectivity index (χ2v) is 3.10. The molecule has 2 rings (SSSR count). The lowest BCUT2D eigenvalue weighted by Crippen LogP contribution is -2.14. The molecule has 0 atom stereocenters.